The summed E-state index contributed by atoms with van der Waals surface area (Å²) in [5.41, 5.74) is 6.50. The molecule has 1 atom stereocenters. The number of rotatable bonds is 7. The van der Waals surface area contributed by atoms with Gasteiger partial charge in [-0.05, 0) is 56.8 Å². The molecule has 0 bridgehead atoms. The van der Waals surface area contributed by atoms with E-state index < -0.39 is 15.1 Å². The van der Waals surface area contributed by atoms with Crippen molar-refractivity contribution in [2.75, 3.05) is 13.2 Å². The second-order valence-corrected chi connectivity index (χ2v) is 7.57. The third-order valence-corrected chi connectivity index (χ3v) is 5.43. The summed E-state index contributed by atoms with van der Waals surface area (Å²) in [6, 6.07) is 7.02. The molecule has 1 unspecified atom stereocenters. The van der Waals surface area contributed by atoms with Gasteiger partial charge in [0.1, 0.15) is 0 Å². The van der Waals surface area contributed by atoms with Crippen LogP contribution >= 0.6 is 0 Å². The average Bonchev–Trinajstić information content (AvgIpc) is 2.40. The van der Waals surface area contributed by atoms with E-state index in [0.29, 0.717) is 11.4 Å². The van der Waals surface area contributed by atoms with E-state index in [-0.39, 0.29) is 12.5 Å². The zero-order chi connectivity index (χ0) is 14.5. The minimum Gasteiger partial charge on any atom is -0.396 e. The van der Waals surface area contributed by atoms with Crippen molar-refractivity contribution in [3.8, 4) is 0 Å². The van der Waals surface area contributed by atoms with Crippen molar-refractivity contribution in [2.45, 2.75) is 36.8 Å². The molecule has 0 spiro atoms. The molecule has 0 aliphatic rings. The minimum absolute atomic E-state index is 0.0699. The number of nitrogens with two attached hydrogens (primary N) is 1. The van der Waals surface area contributed by atoms with Gasteiger partial charge in [-0.2, -0.15) is 0 Å². The molecule has 0 aliphatic carbocycles. The highest BCUT2D eigenvalue weighted by molar-refractivity contribution is 7.92. The topological polar surface area (TPSA) is 80.4 Å². The van der Waals surface area contributed by atoms with E-state index in [2.05, 4.69) is 0 Å². The van der Waals surface area contributed by atoms with Crippen LogP contribution in [0.5, 0.6) is 0 Å². The zero-order valence-corrected chi connectivity index (χ0v) is 12.4. The van der Waals surface area contributed by atoms with Crippen molar-refractivity contribution in [2.24, 2.45) is 11.7 Å². The van der Waals surface area contributed by atoms with Crippen molar-refractivity contribution in [1.82, 2.24) is 0 Å². The van der Waals surface area contributed by atoms with Crippen molar-refractivity contribution in [3.63, 3.8) is 0 Å². The van der Waals surface area contributed by atoms with Gasteiger partial charge in [-0.25, -0.2) is 8.42 Å². The van der Waals surface area contributed by atoms with Crippen LogP contribution in [0.15, 0.2) is 29.2 Å². The standard InChI is InChI=1S/C14H23NO3S/c1-11(2)19(17,18)14-5-3-4-12(8-14)6-7-13(9-15)10-16/h3-5,8,11,13,16H,6-7,9-10,15H2,1-2H3. The first-order chi connectivity index (χ1) is 8.91. The summed E-state index contributed by atoms with van der Waals surface area (Å²) in [5.74, 6) is 0.0744. The van der Waals surface area contributed by atoms with Gasteiger partial charge in [0.2, 0.25) is 0 Å². The Morgan fingerprint density at radius 2 is 2.00 bits per heavy atom. The summed E-state index contributed by atoms with van der Waals surface area (Å²) in [6.45, 7) is 3.87. The highest BCUT2D eigenvalue weighted by Gasteiger charge is 2.19. The summed E-state index contributed by atoms with van der Waals surface area (Å²) in [4.78, 5) is 0.369. The first kappa shape index (κ1) is 16.1. The van der Waals surface area contributed by atoms with Gasteiger partial charge in [0.05, 0.1) is 10.1 Å². The molecule has 0 saturated carbocycles. The first-order valence-corrected chi connectivity index (χ1v) is 8.10. The van der Waals surface area contributed by atoms with E-state index in [0.717, 1.165) is 18.4 Å². The highest BCUT2D eigenvalue weighted by atomic mass is 32.2. The fourth-order valence-electron chi connectivity index (χ4n) is 1.80. The largest absolute Gasteiger partial charge is 0.396 e. The van der Waals surface area contributed by atoms with Crippen LogP contribution in [0.4, 0.5) is 0 Å². The third kappa shape index (κ3) is 4.30. The lowest BCUT2D eigenvalue weighted by molar-refractivity contribution is 0.223. The van der Waals surface area contributed by atoms with Crippen molar-refractivity contribution in [1.29, 1.82) is 0 Å². The highest BCUT2D eigenvalue weighted by Crippen LogP contribution is 2.18. The van der Waals surface area contributed by atoms with Gasteiger partial charge in [-0.3, -0.25) is 0 Å². The lowest BCUT2D eigenvalue weighted by Crippen LogP contribution is -2.18. The SMILES string of the molecule is CC(C)S(=O)(=O)c1cccc(CCC(CN)CO)c1. The lowest BCUT2D eigenvalue weighted by Gasteiger charge is -2.12. The third-order valence-electron chi connectivity index (χ3n) is 3.28. The Morgan fingerprint density at radius 1 is 1.32 bits per heavy atom. The van der Waals surface area contributed by atoms with Crippen molar-refractivity contribution >= 4 is 9.84 Å². The maximum absolute atomic E-state index is 12.1. The molecule has 1 aromatic rings. The first-order valence-electron chi connectivity index (χ1n) is 6.55. The molecule has 4 nitrogen and oxygen atoms in total. The number of hydrogen-bond donors (Lipinski definition) is 2. The molecule has 1 rings (SSSR count). The van der Waals surface area contributed by atoms with Gasteiger partial charge in [0.15, 0.2) is 9.84 Å². The smallest absolute Gasteiger partial charge is 0.180 e. The Labute approximate surface area is 115 Å². The summed E-state index contributed by atoms with van der Waals surface area (Å²) < 4.78 is 24.1. The molecular formula is C14H23NO3S. The average molecular weight is 285 g/mol. The number of aliphatic hydroxyl groups excluding tert-OH is 1. The number of aliphatic hydroxyl groups is 1. The van der Waals surface area contributed by atoms with E-state index in [1.807, 2.05) is 6.07 Å². The van der Waals surface area contributed by atoms with Crippen LogP contribution in [0.25, 0.3) is 0 Å². The molecule has 0 amide bonds. The van der Waals surface area contributed by atoms with Gasteiger partial charge >= 0.3 is 0 Å². The fourth-order valence-corrected chi connectivity index (χ4v) is 2.93. The molecule has 108 valence electrons. The Hall–Kier alpha value is -0.910. The second-order valence-electron chi connectivity index (χ2n) is 5.06. The molecule has 5 heteroatoms. The van der Waals surface area contributed by atoms with Crippen molar-refractivity contribution < 1.29 is 13.5 Å². The van der Waals surface area contributed by atoms with Crippen LogP contribution in [-0.4, -0.2) is 31.9 Å². The van der Waals surface area contributed by atoms with Crippen molar-refractivity contribution in [3.05, 3.63) is 29.8 Å². The maximum Gasteiger partial charge on any atom is 0.180 e. The van der Waals surface area contributed by atoms with E-state index >= 15 is 0 Å². The summed E-state index contributed by atoms with van der Waals surface area (Å²) in [6.07, 6.45) is 1.49. The van der Waals surface area contributed by atoms with E-state index in [4.69, 9.17) is 10.8 Å². The van der Waals surface area contributed by atoms with Crippen LogP contribution in [0.3, 0.4) is 0 Å². The van der Waals surface area contributed by atoms with Crippen LogP contribution in [0.1, 0.15) is 25.8 Å². The molecule has 19 heavy (non-hydrogen) atoms. The normalized spacial score (nSPS) is 13.7. The number of benzene rings is 1. The van der Waals surface area contributed by atoms with Crippen LogP contribution < -0.4 is 5.73 Å². The van der Waals surface area contributed by atoms with E-state index in [1.165, 1.54) is 0 Å². The fraction of sp³-hybridized carbons (Fsp3) is 0.571. The zero-order valence-electron chi connectivity index (χ0n) is 11.5. The maximum atomic E-state index is 12.1. The minimum atomic E-state index is -3.22. The number of sulfone groups is 1. The predicted octanol–water partition coefficient (Wildman–Crippen LogP) is 1.37. The Bertz CT molecular complexity index is 493. The Balaban J connectivity index is 2.84. The van der Waals surface area contributed by atoms with Gasteiger partial charge < -0.3 is 10.8 Å². The van der Waals surface area contributed by atoms with Crippen LogP contribution in [0.2, 0.25) is 0 Å². The van der Waals surface area contributed by atoms with Crippen LogP contribution in [0, 0.1) is 5.92 Å². The van der Waals surface area contributed by atoms with E-state index in [9.17, 15) is 8.42 Å². The lowest BCUT2D eigenvalue weighted by atomic mass is 10.0. The molecular weight excluding hydrogens is 262 g/mol. The molecule has 0 fully saturated rings. The Morgan fingerprint density at radius 3 is 2.53 bits per heavy atom. The van der Waals surface area contributed by atoms with Crippen LogP contribution in [-0.2, 0) is 16.3 Å². The molecule has 0 aromatic heterocycles. The van der Waals surface area contributed by atoms with E-state index in [1.54, 1.807) is 32.0 Å². The summed E-state index contributed by atoms with van der Waals surface area (Å²) in [5, 5.41) is 8.67. The van der Waals surface area contributed by atoms with Gasteiger partial charge in [0, 0.05) is 6.61 Å². The molecule has 0 radical (unpaired) electrons. The summed E-state index contributed by atoms with van der Waals surface area (Å²) >= 11 is 0. The van der Waals surface area contributed by atoms with Gasteiger partial charge in [-0.15, -0.1) is 0 Å². The van der Waals surface area contributed by atoms with Gasteiger partial charge in [0.25, 0.3) is 0 Å². The number of hydrogen-bond acceptors (Lipinski definition) is 4. The predicted molar refractivity (Wildman–Crippen MR) is 76.7 cm³/mol. The summed E-state index contributed by atoms with van der Waals surface area (Å²) in [7, 11) is -3.22. The van der Waals surface area contributed by atoms with Gasteiger partial charge in [-0.1, -0.05) is 12.1 Å². The number of aryl methyl sites for hydroxylation is 1. The molecule has 0 aliphatic heterocycles. The monoisotopic (exact) mass is 285 g/mol. The molecule has 3 N–H and O–H groups in total. The Kier molecular flexibility index (Phi) is 5.97. The molecule has 0 heterocycles. The molecule has 0 saturated heterocycles. The molecule has 1 aromatic carbocycles. The second kappa shape index (κ2) is 7.03. The quantitative estimate of drug-likeness (QED) is 0.793.